The first-order valence-electron chi connectivity index (χ1n) is 9.56. The zero-order valence-corrected chi connectivity index (χ0v) is 16.7. The number of carbonyl (C=O) groups is 2. The molecule has 1 fully saturated rings. The summed E-state index contributed by atoms with van der Waals surface area (Å²) in [6.45, 7) is 5.15. The van der Waals surface area contributed by atoms with Crippen LogP contribution in [0.25, 0.3) is 0 Å². The van der Waals surface area contributed by atoms with Crippen molar-refractivity contribution in [3.8, 4) is 11.5 Å². The third-order valence-electron chi connectivity index (χ3n) is 4.71. The van der Waals surface area contributed by atoms with Gasteiger partial charge in [-0.05, 0) is 43.9 Å². The third-order valence-corrected chi connectivity index (χ3v) is 4.99. The van der Waals surface area contributed by atoms with Crippen LogP contribution in [0.1, 0.15) is 51.5 Å². The van der Waals surface area contributed by atoms with Crippen LogP contribution in [0.5, 0.6) is 11.5 Å². The first kappa shape index (κ1) is 21.4. The van der Waals surface area contributed by atoms with Crippen LogP contribution in [0.2, 0.25) is 5.02 Å². The lowest BCUT2D eigenvalue weighted by atomic mass is 9.78. The van der Waals surface area contributed by atoms with Crippen LogP contribution in [0.4, 0.5) is 0 Å². The topological polar surface area (TPSA) is 84.9 Å². The minimum atomic E-state index is -0.894. The van der Waals surface area contributed by atoms with Gasteiger partial charge in [0, 0.05) is 6.54 Å². The minimum absolute atomic E-state index is 0.220. The van der Waals surface area contributed by atoms with Crippen LogP contribution >= 0.6 is 11.6 Å². The first-order chi connectivity index (χ1) is 13.0. The number of halogens is 1. The van der Waals surface area contributed by atoms with Gasteiger partial charge in [0.05, 0.1) is 30.1 Å². The SMILES string of the molecule is CCCOc1c(Cl)cc(CNC(=O)C2CCCCC2C(=O)O)cc1OCC. The standard InChI is InChI=1S/C20H28ClNO5/c1-3-9-27-18-16(21)10-13(11-17(18)26-4-2)12-22-19(23)14-7-5-6-8-15(14)20(24)25/h10-11,14-15H,3-9,12H2,1-2H3,(H,22,23)(H,24,25). The van der Waals surface area contributed by atoms with Gasteiger partial charge in [-0.25, -0.2) is 0 Å². The van der Waals surface area contributed by atoms with Gasteiger partial charge >= 0.3 is 5.97 Å². The van der Waals surface area contributed by atoms with Crippen LogP contribution in [0.3, 0.4) is 0 Å². The molecule has 2 unspecified atom stereocenters. The maximum atomic E-state index is 12.5. The Morgan fingerprint density at radius 2 is 1.89 bits per heavy atom. The molecule has 2 N–H and O–H groups in total. The van der Waals surface area contributed by atoms with E-state index in [9.17, 15) is 14.7 Å². The van der Waals surface area contributed by atoms with Crippen molar-refractivity contribution < 1.29 is 24.2 Å². The number of ether oxygens (including phenoxy) is 2. The summed E-state index contributed by atoms with van der Waals surface area (Å²) in [4.78, 5) is 23.9. The summed E-state index contributed by atoms with van der Waals surface area (Å²) in [6, 6.07) is 3.54. The highest BCUT2D eigenvalue weighted by molar-refractivity contribution is 6.32. The van der Waals surface area contributed by atoms with E-state index in [-0.39, 0.29) is 12.5 Å². The lowest BCUT2D eigenvalue weighted by molar-refractivity contribution is -0.148. The predicted octanol–water partition coefficient (Wildman–Crippen LogP) is 4.03. The number of rotatable bonds is 9. The molecule has 0 bridgehead atoms. The zero-order chi connectivity index (χ0) is 19.8. The lowest BCUT2D eigenvalue weighted by Gasteiger charge is -2.27. The summed E-state index contributed by atoms with van der Waals surface area (Å²) in [5.74, 6) is -1.15. The van der Waals surface area contributed by atoms with E-state index in [1.807, 2.05) is 13.8 Å². The van der Waals surface area contributed by atoms with Crippen molar-refractivity contribution in [3.05, 3.63) is 22.7 Å². The number of hydrogen-bond acceptors (Lipinski definition) is 4. The summed E-state index contributed by atoms with van der Waals surface area (Å²) >= 11 is 6.34. The van der Waals surface area contributed by atoms with Crippen LogP contribution < -0.4 is 14.8 Å². The van der Waals surface area contributed by atoms with Crippen molar-refractivity contribution in [2.24, 2.45) is 11.8 Å². The fraction of sp³-hybridized carbons (Fsp3) is 0.600. The molecule has 6 nitrogen and oxygen atoms in total. The number of amides is 1. The Balaban J connectivity index is 2.08. The molecule has 2 rings (SSSR count). The first-order valence-corrected chi connectivity index (χ1v) is 9.94. The summed E-state index contributed by atoms with van der Waals surface area (Å²) < 4.78 is 11.3. The molecule has 0 spiro atoms. The molecule has 2 atom stereocenters. The van der Waals surface area contributed by atoms with Crippen molar-refractivity contribution in [2.45, 2.75) is 52.5 Å². The number of carboxylic acid groups (broad SMARTS) is 1. The maximum absolute atomic E-state index is 12.5. The van der Waals surface area contributed by atoms with Gasteiger partial charge in [0.2, 0.25) is 5.91 Å². The van der Waals surface area contributed by atoms with E-state index in [0.29, 0.717) is 42.6 Å². The van der Waals surface area contributed by atoms with E-state index in [1.165, 1.54) is 0 Å². The van der Waals surface area contributed by atoms with Crippen LogP contribution in [0, 0.1) is 11.8 Å². The highest BCUT2D eigenvalue weighted by Gasteiger charge is 2.35. The predicted molar refractivity (Wildman–Crippen MR) is 103 cm³/mol. The lowest BCUT2D eigenvalue weighted by Crippen LogP contribution is -2.39. The van der Waals surface area contributed by atoms with Gasteiger partial charge in [-0.2, -0.15) is 0 Å². The molecule has 150 valence electrons. The second-order valence-electron chi connectivity index (χ2n) is 6.74. The number of hydrogen-bond donors (Lipinski definition) is 2. The van der Waals surface area contributed by atoms with Crippen LogP contribution in [-0.4, -0.2) is 30.2 Å². The zero-order valence-electron chi connectivity index (χ0n) is 15.9. The average Bonchev–Trinajstić information content (AvgIpc) is 2.65. The fourth-order valence-corrected chi connectivity index (χ4v) is 3.68. The third kappa shape index (κ3) is 5.76. The Labute approximate surface area is 165 Å². The molecule has 7 heteroatoms. The molecular formula is C20H28ClNO5. The quantitative estimate of drug-likeness (QED) is 0.657. The van der Waals surface area contributed by atoms with Gasteiger partial charge in [-0.15, -0.1) is 0 Å². The number of nitrogens with one attached hydrogen (secondary N) is 1. The monoisotopic (exact) mass is 397 g/mol. The molecule has 1 aliphatic carbocycles. The molecule has 0 saturated heterocycles. The maximum Gasteiger partial charge on any atom is 0.307 e. The average molecular weight is 398 g/mol. The molecule has 1 saturated carbocycles. The van der Waals surface area contributed by atoms with E-state index in [4.69, 9.17) is 21.1 Å². The van der Waals surface area contributed by atoms with Gasteiger partial charge < -0.3 is 19.9 Å². The summed E-state index contributed by atoms with van der Waals surface area (Å²) in [5.41, 5.74) is 0.781. The number of benzene rings is 1. The van der Waals surface area contributed by atoms with E-state index >= 15 is 0 Å². The summed E-state index contributed by atoms with van der Waals surface area (Å²) in [6.07, 6.45) is 3.75. The number of aliphatic carboxylic acids is 1. The van der Waals surface area contributed by atoms with Crippen molar-refractivity contribution in [1.82, 2.24) is 5.32 Å². The van der Waals surface area contributed by atoms with Gasteiger partial charge in [0.15, 0.2) is 11.5 Å². The van der Waals surface area contributed by atoms with Crippen LogP contribution in [-0.2, 0) is 16.1 Å². The molecule has 1 aliphatic rings. The number of carbonyl (C=O) groups excluding carboxylic acids is 1. The van der Waals surface area contributed by atoms with Gasteiger partial charge in [-0.3, -0.25) is 9.59 Å². The fourth-order valence-electron chi connectivity index (χ4n) is 3.39. The van der Waals surface area contributed by atoms with Gasteiger partial charge in [-0.1, -0.05) is 31.4 Å². The molecule has 1 amide bonds. The minimum Gasteiger partial charge on any atom is -0.490 e. The molecule has 0 heterocycles. The van der Waals surface area contributed by atoms with Crippen molar-refractivity contribution in [1.29, 1.82) is 0 Å². The van der Waals surface area contributed by atoms with E-state index in [0.717, 1.165) is 24.8 Å². The number of carboxylic acids is 1. The van der Waals surface area contributed by atoms with E-state index in [1.54, 1.807) is 12.1 Å². The Hall–Kier alpha value is -1.95. The summed E-state index contributed by atoms with van der Waals surface area (Å²) in [7, 11) is 0. The van der Waals surface area contributed by atoms with Gasteiger partial charge in [0.25, 0.3) is 0 Å². The highest BCUT2D eigenvalue weighted by atomic mass is 35.5. The normalized spacial score (nSPS) is 19.4. The Morgan fingerprint density at radius 1 is 1.19 bits per heavy atom. The Bertz CT molecular complexity index is 664. The van der Waals surface area contributed by atoms with Crippen molar-refractivity contribution in [2.75, 3.05) is 13.2 Å². The Morgan fingerprint density at radius 3 is 2.52 bits per heavy atom. The molecular weight excluding hydrogens is 370 g/mol. The smallest absolute Gasteiger partial charge is 0.307 e. The molecule has 27 heavy (non-hydrogen) atoms. The molecule has 1 aromatic rings. The summed E-state index contributed by atoms with van der Waals surface area (Å²) in [5, 5.41) is 12.6. The van der Waals surface area contributed by atoms with Crippen LogP contribution in [0.15, 0.2) is 12.1 Å². The molecule has 0 aliphatic heterocycles. The largest absolute Gasteiger partial charge is 0.490 e. The molecule has 0 aromatic heterocycles. The highest BCUT2D eigenvalue weighted by Crippen LogP contribution is 2.37. The van der Waals surface area contributed by atoms with Crippen molar-refractivity contribution >= 4 is 23.5 Å². The molecule has 1 aromatic carbocycles. The molecule has 0 radical (unpaired) electrons. The van der Waals surface area contributed by atoms with Crippen molar-refractivity contribution in [3.63, 3.8) is 0 Å². The van der Waals surface area contributed by atoms with E-state index < -0.39 is 17.8 Å². The Kier molecular flexibility index (Phi) is 8.23. The second-order valence-corrected chi connectivity index (χ2v) is 7.15. The van der Waals surface area contributed by atoms with E-state index in [2.05, 4.69) is 5.32 Å². The second kappa shape index (κ2) is 10.4. The van der Waals surface area contributed by atoms with Gasteiger partial charge in [0.1, 0.15) is 0 Å².